The molecule has 0 bridgehead atoms. The van der Waals surface area contributed by atoms with Crippen molar-refractivity contribution in [3.05, 3.63) is 53.2 Å². The van der Waals surface area contributed by atoms with Crippen LogP contribution in [0.4, 0.5) is 11.5 Å². The number of hydrogen-bond acceptors (Lipinski definition) is 4. The van der Waals surface area contributed by atoms with E-state index in [2.05, 4.69) is 17.2 Å². The first-order chi connectivity index (χ1) is 12.4. The fourth-order valence-corrected chi connectivity index (χ4v) is 3.23. The molecule has 3 rings (SSSR count). The van der Waals surface area contributed by atoms with Gasteiger partial charge >= 0.3 is 5.97 Å². The highest BCUT2D eigenvalue weighted by molar-refractivity contribution is 6.05. The Kier molecular flexibility index (Phi) is 5.21. The van der Waals surface area contributed by atoms with E-state index in [0.717, 1.165) is 31.5 Å². The Labute approximate surface area is 152 Å². The monoisotopic (exact) mass is 353 g/mol. The Hall–Kier alpha value is -2.89. The fraction of sp³-hybridized carbons (Fsp3) is 0.350. The molecule has 1 aromatic carbocycles. The number of aromatic carboxylic acids is 1. The number of carbonyl (C=O) groups excluding carboxylic acids is 1. The molecule has 1 aliphatic heterocycles. The first kappa shape index (κ1) is 17.9. The normalized spacial score (nSPS) is 17.0. The number of carboxylic acid groups (broad SMARTS) is 1. The molecule has 1 fully saturated rings. The Balaban J connectivity index is 1.83. The van der Waals surface area contributed by atoms with Gasteiger partial charge in [-0.2, -0.15) is 0 Å². The SMILES string of the molecule is Cc1ccc(C(=O)Nc2cnc(N3CCC[C@@H](C)C3)c(C(=O)O)c2)cc1. The van der Waals surface area contributed by atoms with Gasteiger partial charge in [0.1, 0.15) is 11.4 Å². The number of anilines is 2. The summed E-state index contributed by atoms with van der Waals surface area (Å²) in [6.45, 7) is 5.70. The lowest BCUT2D eigenvalue weighted by atomic mass is 10.00. The van der Waals surface area contributed by atoms with Crippen molar-refractivity contribution in [2.45, 2.75) is 26.7 Å². The van der Waals surface area contributed by atoms with E-state index in [1.54, 1.807) is 12.1 Å². The number of nitrogens with one attached hydrogen (secondary N) is 1. The van der Waals surface area contributed by atoms with Crippen LogP contribution in [0, 0.1) is 12.8 Å². The number of rotatable bonds is 4. The van der Waals surface area contributed by atoms with Gasteiger partial charge in [0.2, 0.25) is 0 Å². The van der Waals surface area contributed by atoms with Gasteiger partial charge in [-0.15, -0.1) is 0 Å². The molecule has 0 unspecified atom stereocenters. The zero-order chi connectivity index (χ0) is 18.7. The molecule has 6 heteroatoms. The molecule has 0 aliphatic carbocycles. The number of amides is 1. The Morgan fingerprint density at radius 1 is 1.27 bits per heavy atom. The van der Waals surface area contributed by atoms with Gasteiger partial charge in [-0.25, -0.2) is 9.78 Å². The van der Waals surface area contributed by atoms with E-state index >= 15 is 0 Å². The van der Waals surface area contributed by atoms with Gasteiger partial charge in [-0.05, 0) is 43.9 Å². The number of hydrogen-bond donors (Lipinski definition) is 2. The molecule has 6 nitrogen and oxygen atoms in total. The van der Waals surface area contributed by atoms with Crippen molar-refractivity contribution in [3.63, 3.8) is 0 Å². The first-order valence-corrected chi connectivity index (χ1v) is 8.80. The largest absolute Gasteiger partial charge is 0.478 e. The zero-order valence-electron chi connectivity index (χ0n) is 15.0. The summed E-state index contributed by atoms with van der Waals surface area (Å²) in [7, 11) is 0. The third-order valence-electron chi connectivity index (χ3n) is 4.63. The maximum absolute atomic E-state index is 12.3. The predicted molar refractivity (Wildman–Crippen MR) is 101 cm³/mol. The van der Waals surface area contributed by atoms with E-state index in [0.29, 0.717) is 23.0 Å². The predicted octanol–water partition coefficient (Wildman–Crippen LogP) is 3.58. The number of aryl methyl sites for hydroxylation is 1. The lowest BCUT2D eigenvalue weighted by Gasteiger charge is -2.32. The van der Waals surface area contributed by atoms with Crippen LogP contribution in [0.5, 0.6) is 0 Å². The van der Waals surface area contributed by atoms with E-state index in [9.17, 15) is 14.7 Å². The lowest BCUT2D eigenvalue weighted by molar-refractivity contribution is 0.0696. The molecule has 1 amide bonds. The van der Waals surface area contributed by atoms with Gasteiger partial charge < -0.3 is 15.3 Å². The number of piperidine rings is 1. The molecule has 2 heterocycles. The highest BCUT2D eigenvalue weighted by atomic mass is 16.4. The molecule has 26 heavy (non-hydrogen) atoms. The number of benzene rings is 1. The Morgan fingerprint density at radius 3 is 2.65 bits per heavy atom. The van der Waals surface area contributed by atoms with E-state index in [-0.39, 0.29) is 11.5 Å². The number of nitrogens with zero attached hydrogens (tertiary/aromatic N) is 2. The number of aromatic nitrogens is 1. The smallest absolute Gasteiger partial charge is 0.339 e. The summed E-state index contributed by atoms with van der Waals surface area (Å²) in [4.78, 5) is 30.4. The second kappa shape index (κ2) is 7.56. The molecule has 1 saturated heterocycles. The van der Waals surface area contributed by atoms with Crippen LogP contribution < -0.4 is 10.2 Å². The van der Waals surface area contributed by atoms with Gasteiger partial charge in [-0.1, -0.05) is 24.6 Å². The minimum Gasteiger partial charge on any atom is -0.478 e. The standard InChI is InChI=1S/C20H23N3O3/c1-13-5-7-15(8-6-13)19(24)22-16-10-17(20(25)26)18(21-11-16)23-9-3-4-14(2)12-23/h5-8,10-11,14H,3-4,9,12H2,1-2H3,(H,22,24)(H,25,26)/t14-/m1/s1. The van der Waals surface area contributed by atoms with E-state index < -0.39 is 5.97 Å². The van der Waals surface area contributed by atoms with E-state index in [4.69, 9.17) is 0 Å². The van der Waals surface area contributed by atoms with E-state index in [1.165, 1.54) is 12.3 Å². The zero-order valence-corrected chi connectivity index (χ0v) is 15.0. The number of carbonyl (C=O) groups is 2. The molecule has 136 valence electrons. The van der Waals surface area contributed by atoms with Crippen LogP contribution in [0.1, 0.15) is 46.0 Å². The van der Waals surface area contributed by atoms with Crippen molar-refractivity contribution >= 4 is 23.4 Å². The minimum absolute atomic E-state index is 0.112. The van der Waals surface area contributed by atoms with Crippen molar-refractivity contribution in [1.29, 1.82) is 0 Å². The summed E-state index contributed by atoms with van der Waals surface area (Å²) in [5, 5.41) is 12.3. The quantitative estimate of drug-likeness (QED) is 0.878. The van der Waals surface area contributed by atoms with Gasteiger partial charge in [0.25, 0.3) is 5.91 Å². The highest BCUT2D eigenvalue weighted by Gasteiger charge is 2.23. The maximum Gasteiger partial charge on any atom is 0.339 e. The molecule has 1 aromatic heterocycles. The third kappa shape index (κ3) is 4.02. The van der Waals surface area contributed by atoms with Crippen LogP contribution in [0.3, 0.4) is 0 Å². The summed E-state index contributed by atoms with van der Waals surface area (Å²) < 4.78 is 0. The van der Waals surface area contributed by atoms with Crippen molar-refractivity contribution in [2.24, 2.45) is 5.92 Å². The molecule has 0 radical (unpaired) electrons. The Bertz CT molecular complexity index is 818. The van der Waals surface area contributed by atoms with Crippen molar-refractivity contribution in [1.82, 2.24) is 4.98 Å². The topological polar surface area (TPSA) is 82.5 Å². The summed E-state index contributed by atoms with van der Waals surface area (Å²) in [6.07, 6.45) is 3.69. The molecule has 0 spiro atoms. The van der Waals surface area contributed by atoms with Crippen LogP contribution in [-0.2, 0) is 0 Å². The molecular weight excluding hydrogens is 330 g/mol. The highest BCUT2D eigenvalue weighted by Crippen LogP contribution is 2.26. The average Bonchev–Trinajstić information content (AvgIpc) is 2.62. The number of carboxylic acids is 1. The molecular formula is C20H23N3O3. The summed E-state index contributed by atoms with van der Waals surface area (Å²) in [6, 6.07) is 8.67. The van der Waals surface area contributed by atoms with Crippen LogP contribution in [0.15, 0.2) is 36.5 Å². The van der Waals surface area contributed by atoms with Crippen LogP contribution >= 0.6 is 0 Å². The minimum atomic E-state index is -1.04. The van der Waals surface area contributed by atoms with Crippen LogP contribution in [0.2, 0.25) is 0 Å². The van der Waals surface area contributed by atoms with Crippen molar-refractivity contribution < 1.29 is 14.7 Å². The second-order valence-corrected chi connectivity index (χ2v) is 6.91. The first-order valence-electron chi connectivity index (χ1n) is 8.80. The number of pyridine rings is 1. The fourth-order valence-electron chi connectivity index (χ4n) is 3.23. The van der Waals surface area contributed by atoms with Crippen LogP contribution in [0.25, 0.3) is 0 Å². The molecule has 2 aromatic rings. The molecule has 2 N–H and O–H groups in total. The maximum atomic E-state index is 12.3. The lowest BCUT2D eigenvalue weighted by Crippen LogP contribution is -2.36. The van der Waals surface area contributed by atoms with Gasteiger partial charge in [0, 0.05) is 18.7 Å². The average molecular weight is 353 g/mol. The third-order valence-corrected chi connectivity index (χ3v) is 4.63. The van der Waals surface area contributed by atoms with Crippen LogP contribution in [-0.4, -0.2) is 35.1 Å². The van der Waals surface area contributed by atoms with Gasteiger partial charge in [0.15, 0.2) is 0 Å². The summed E-state index contributed by atoms with van der Waals surface area (Å²) in [5.74, 6) is -0.356. The molecule has 1 aliphatic rings. The second-order valence-electron chi connectivity index (χ2n) is 6.91. The van der Waals surface area contributed by atoms with Crippen molar-refractivity contribution in [2.75, 3.05) is 23.3 Å². The van der Waals surface area contributed by atoms with E-state index in [1.807, 2.05) is 24.0 Å². The molecule has 1 atom stereocenters. The summed E-state index contributed by atoms with van der Waals surface area (Å²) in [5.41, 5.74) is 2.07. The van der Waals surface area contributed by atoms with Crippen molar-refractivity contribution in [3.8, 4) is 0 Å². The van der Waals surface area contributed by atoms with Gasteiger partial charge in [0.05, 0.1) is 11.9 Å². The molecule has 0 saturated carbocycles. The Morgan fingerprint density at radius 2 is 2.00 bits per heavy atom. The van der Waals surface area contributed by atoms with Gasteiger partial charge in [-0.3, -0.25) is 4.79 Å². The summed E-state index contributed by atoms with van der Waals surface area (Å²) >= 11 is 0.